The number of benzene rings is 1. The van der Waals surface area contributed by atoms with Crippen molar-refractivity contribution in [1.29, 1.82) is 0 Å². The third-order valence-corrected chi connectivity index (χ3v) is 6.36. The second-order valence-corrected chi connectivity index (χ2v) is 7.92. The molecule has 21 heavy (non-hydrogen) atoms. The average Bonchev–Trinajstić information content (AvgIpc) is 2.90. The number of sulfonamides is 1. The van der Waals surface area contributed by atoms with Crippen molar-refractivity contribution in [3.05, 3.63) is 28.5 Å². The fourth-order valence-corrected chi connectivity index (χ4v) is 4.66. The van der Waals surface area contributed by atoms with Crippen molar-refractivity contribution in [1.82, 2.24) is 9.21 Å². The third-order valence-electron chi connectivity index (χ3n) is 3.97. The highest BCUT2D eigenvalue weighted by molar-refractivity contribution is 9.10. The Labute approximate surface area is 134 Å². The van der Waals surface area contributed by atoms with Crippen LogP contribution < -0.4 is 0 Å². The zero-order valence-electron chi connectivity index (χ0n) is 12.2. The standard InChI is InChI=1S/C14H20BrFN2O2S/c1-3-17(4-2)12-7-8-18(10-12)21(19,20)14-6-5-11(15)9-13(14)16/h5-6,9,12H,3-4,7-8,10H2,1-2H3. The first kappa shape index (κ1) is 16.9. The lowest BCUT2D eigenvalue weighted by Gasteiger charge is -2.26. The maximum absolute atomic E-state index is 13.9. The van der Waals surface area contributed by atoms with E-state index in [1.54, 1.807) is 6.07 Å². The van der Waals surface area contributed by atoms with Crippen molar-refractivity contribution in [2.45, 2.75) is 31.2 Å². The summed E-state index contributed by atoms with van der Waals surface area (Å²) in [5.41, 5.74) is 0. The summed E-state index contributed by atoms with van der Waals surface area (Å²) in [5.74, 6) is -0.712. The molecule has 1 atom stereocenters. The van der Waals surface area contributed by atoms with E-state index >= 15 is 0 Å². The molecule has 1 unspecified atom stereocenters. The lowest BCUT2D eigenvalue weighted by atomic mass is 10.2. The van der Waals surface area contributed by atoms with Crippen LogP contribution in [0.4, 0.5) is 4.39 Å². The van der Waals surface area contributed by atoms with Crippen LogP contribution in [0.1, 0.15) is 20.3 Å². The van der Waals surface area contributed by atoms with E-state index in [4.69, 9.17) is 0 Å². The van der Waals surface area contributed by atoms with Gasteiger partial charge in [-0.05, 0) is 37.7 Å². The molecule has 2 rings (SSSR count). The van der Waals surface area contributed by atoms with Crippen molar-refractivity contribution in [3.8, 4) is 0 Å². The molecule has 0 aromatic heterocycles. The number of likely N-dealkylation sites (N-methyl/N-ethyl adjacent to an activating group) is 1. The first-order valence-electron chi connectivity index (χ1n) is 7.09. The minimum Gasteiger partial charge on any atom is -0.300 e. The molecular formula is C14H20BrFN2O2S. The molecular weight excluding hydrogens is 359 g/mol. The van der Waals surface area contributed by atoms with Gasteiger partial charge in [-0.15, -0.1) is 0 Å². The molecule has 0 radical (unpaired) electrons. The van der Waals surface area contributed by atoms with E-state index in [1.165, 1.54) is 16.4 Å². The highest BCUT2D eigenvalue weighted by Gasteiger charge is 2.35. The summed E-state index contributed by atoms with van der Waals surface area (Å²) in [4.78, 5) is 2.00. The van der Waals surface area contributed by atoms with Gasteiger partial charge in [0.05, 0.1) is 0 Å². The van der Waals surface area contributed by atoms with Crippen molar-refractivity contribution in [3.63, 3.8) is 0 Å². The van der Waals surface area contributed by atoms with Gasteiger partial charge >= 0.3 is 0 Å². The molecule has 4 nitrogen and oxygen atoms in total. The molecule has 0 spiro atoms. The fraction of sp³-hybridized carbons (Fsp3) is 0.571. The summed E-state index contributed by atoms with van der Waals surface area (Å²) in [7, 11) is -3.76. The zero-order valence-corrected chi connectivity index (χ0v) is 14.6. The highest BCUT2D eigenvalue weighted by atomic mass is 79.9. The predicted molar refractivity (Wildman–Crippen MR) is 84.2 cm³/mol. The molecule has 0 bridgehead atoms. The van der Waals surface area contributed by atoms with Crippen LogP contribution in [0, 0.1) is 5.82 Å². The maximum atomic E-state index is 13.9. The van der Waals surface area contributed by atoms with Gasteiger partial charge in [0, 0.05) is 23.6 Å². The van der Waals surface area contributed by atoms with Crippen molar-refractivity contribution >= 4 is 26.0 Å². The first-order chi connectivity index (χ1) is 9.90. The Morgan fingerprint density at radius 2 is 2.05 bits per heavy atom. The van der Waals surface area contributed by atoms with E-state index in [0.717, 1.165) is 19.5 Å². The monoisotopic (exact) mass is 378 g/mol. The quantitative estimate of drug-likeness (QED) is 0.790. The zero-order chi connectivity index (χ0) is 15.6. The van der Waals surface area contributed by atoms with Gasteiger partial charge in [-0.1, -0.05) is 29.8 Å². The third kappa shape index (κ3) is 3.47. The molecule has 1 saturated heterocycles. The molecule has 0 N–H and O–H groups in total. The minimum absolute atomic E-state index is 0.216. The van der Waals surface area contributed by atoms with Crippen LogP contribution in [-0.4, -0.2) is 49.8 Å². The Kier molecular flexibility index (Phi) is 5.40. The molecule has 1 heterocycles. The van der Waals surface area contributed by atoms with Gasteiger partial charge in [0.25, 0.3) is 0 Å². The fourth-order valence-electron chi connectivity index (χ4n) is 2.79. The van der Waals surface area contributed by atoms with E-state index in [-0.39, 0.29) is 10.9 Å². The topological polar surface area (TPSA) is 40.6 Å². The number of rotatable bonds is 5. The van der Waals surface area contributed by atoms with E-state index in [2.05, 4.69) is 34.7 Å². The number of nitrogens with zero attached hydrogens (tertiary/aromatic N) is 2. The summed E-state index contributed by atoms with van der Waals surface area (Å²) in [5, 5.41) is 0. The van der Waals surface area contributed by atoms with E-state index < -0.39 is 15.8 Å². The van der Waals surface area contributed by atoms with Crippen LogP contribution in [-0.2, 0) is 10.0 Å². The molecule has 0 aliphatic carbocycles. The van der Waals surface area contributed by atoms with Crippen LogP contribution in [0.2, 0.25) is 0 Å². The summed E-state index contributed by atoms with van der Waals surface area (Å²) in [6, 6.07) is 4.27. The van der Waals surface area contributed by atoms with Crippen LogP contribution in [0.15, 0.2) is 27.6 Å². The lowest BCUT2D eigenvalue weighted by Crippen LogP contribution is -2.38. The second kappa shape index (κ2) is 6.73. The Morgan fingerprint density at radius 1 is 1.38 bits per heavy atom. The Morgan fingerprint density at radius 3 is 2.62 bits per heavy atom. The summed E-state index contributed by atoms with van der Waals surface area (Å²) >= 11 is 3.14. The van der Waals surface area contributed by atoms with E-state index in [0.29, 0.717) is 17.6 Å². The summed E-state index contributed by atoms with van der Waals surface area (Å²) < 4.78 is 41.0. The van der Waals surface area contributed by atoms with Gasteiger partial charge in [0.15, 0.2) is 0 Å². The van der Waals surface area contributed by atoms with Crippen LogP contribution in [0.3, 0.4) is 0 Å². The summed E-state index contributed by atoms with van der Waals surface area (Å²) in [6.45, 7) is 6.78. The molecule has 0 saturated carbocycles. The van der Waals surface area contributed by atoms with E-state index in [9.17, 15) is 12.8 Å². The summed E-state index contributed by atoms with van der Waals surface area (Å²) in [6.07, 6.45) is 0.791. The van der Waals surface area contributed by atoms with Crippen LogP contribution in [0.5, 0.6) is 0 Å². The predicted octanol–water partition coefficient (Wildman–Crippen LogP) is 2.69. The van der Waals surface area contributed by atoms with Gasteiger partial charge in [-0.3, -0.25) is 4.90 Å². The van der Waals surface area contributed by atoms with Crippen LogP contribution >= 0.6 is 15.9 Å². The number of hydrogen-bond donors (Lipinski definition) is 0. The van der Waals surface area contributed by atoms with Gasteiger partial charge in [-0.25, -0.2) is 12.8 Å². The molecule has 118 valence electrons. The molecule has 1 aromatic rings. The van der Waals surface area contributed by atoms with Gasteiger partial charge in [-0.2, -0.15) is 4.31 Å². The molecule has 0 amide bonds. The van der Waals surface area contributed by atoms with Gasteiger partial charge in [0.1, 0.15) is 10.7 Å². The average molecular weight is 379 g/mol. The second-order valence-electron chi connectivity index (χ2n) is 5.10. The lowest BCUT2D eigenvalue weighted by molar-refractivity contribution is 0.224. The largest absolute Gasteiger partial charge is 0.300 e. The molecule has 7 heteroatoms. The van der Waals surface area contributed by atoms with Crippen molar-refractivity contribution < 1.29 is 12.8 Å². The molecule has 1 aliphatic heterocycles. The molecule has 1 aromatic carbocycles. The highest BCUT2D eigenvalue weighted by Crippen LogP contribution is 2.26. The molecule has 1 aliphatic rings. The number of halogens is 2. The normalized spacial score (nSPS) is 20.3. The van der Waals surface area contributed by atoms with E-state index in [1.807, 2.05) is 0 Å². The van der Waals surface area contributed by atoms with Crippen molar-refractivity contribution in [2.24, 2.45) is 0 Å². The smallest absolute Gasteiger partial charge is 0.246 e. The maximum Gasteiger partial charge on any atom is 0.246 e. The van der Waals surface area contributed by atoms with Crippen LogP contribution in [0.25, 0.3) is 0 Å². The van der Waals surface area contributed by atoms with Gasteiger partial charge < -0.3 is 0 Å². The molecule has 1 fully saturated rings. The Balaban J connectivity index is 2.22. The Bertz CT molecular complexity index is 605. The number of hydrogen-bond acceptors (Lipinski definition) is 3. The SMILES string of the molecule is CCN(CC)C1CCN(S(=O)(=O)c2ccc(Br)cc2F)C1. The minimum atomic E-state index is -3.76. The van der Waals surface area contributed by atoms with Crippen molar-refractivity contribution in [2.75, 3.05) is 26.2 Å². The van der Waals surface area contributed by atoms with Gasteiger partial charge in [0.2, 0.25) is 10.0 Å². The first-order valence-corrected chi connectivity index (χ1v) is 9.32. The Hall–Kier alpha value is -0.500.